The van der Waals surface area contributed by atoms with E-state index in [1.165, 1.54) is 23.2 Å². The quantitative estimate of drug-likeness (QED) is 0.671. The number of nitrogens with zero attached hydrogens (tertiary/aromatic N) is 2. The fraction of sp³-hybridized carbons (Fsp3) is 0.100. The number of halogens is 3. The van der Waals surface area contributed by atoms with E-state index in [9.17, 15) is 18.0 Å². The van der Waals surface area contributed by atoms with Gasteiger partial charge in [0.25, 0.3) is 5.91 Å². The average Bonchev–Trinajstić information content (AvgIpc) is 2.69. The van der Waals surface area contributed by atoms with Crippen LogP contribution in [0, 0.1) is 17.5 Å². The van der Waals surface area contributed by atoms with Gasteiger partial charge in [0, 0.05) is 25.4 Å². The minimum absolute atomic E-state index is 0.138. The van der Waals surface area contributed by atoms with Crippen molar-refractivity contribution in [2.45, 2.75) is 6.54 Å². The van der Waals surface area contributed by atoms with Crippen LogP contribution in [0.5, 0.6) is 0 Å². The molecule has 1 aromatic heterocycles. The van der Waals surface area contributed by atoms with E-state index in [1.807, 2.05) is 30.3 Å². The van der Waals surface area contributed by atoms with Crippen LogP contribution in [0.4, 0.5) is 24.7 Å². The number of rotatable bonds is 5. The number of hydrogen-bond donors (Lipinski definition) is 1. The Kier molecular flexibility index (Phi) is 5.40. The summed E-state index contributed by atoms with van der Waals surface area (Å²) in [4.78, 5) is 18.1. The first-order chi connectivity index (χ1) is 13.0. The Labute approximate surface area is 154 Å². The van der Waals surface area contributed by atoms with E-state index in [0.717, 1.165) is 17.7 Å². The molecule has 0 bridgehead atoms. The van der Waals surface area contributed by atoms with Crippen LogP contribution < -0.4 is 5.32 Å². The first-order valence-corrected chi connectivity index (χ1v) is 8.11. The predicted octanol–water partition coefficient (Wildman–Crippen LogP) is 4.51. The Morgan fingerprint density at radius 2 is 1.78 bits per heavy atom. The van der Waals surface area contributed by atoms with Crippen LogP contribution in [0.1, 0.15) is 15.9 Å². The lowest BCUT2D eigenvalue weighted by Crippen LogP contribution is -2.26. The van der Waals surface area contributed by atoms with Crippen molar-refractivity contribution in [3.8, 4) is 0 Å². The van der Waals surface area contributed by atoms with Crippen LogP contribution in [0.15, 0.2) is 60.8 Å². The minimum atomic E-state index is -1.57. The van der Waals surface area contributed by atoms with Crippen molar-refractivity contribution >= 4 is 17.4 Å². The van der Waals surface area contributed by atoms with E-state index in [1.54, 1.807) is 7.05 Å². The van der Waals surface area contributed by atoms with Crippen molar-refractivity contribution in [1.82, 2.24) is 9.88 Å². The van der Waals surface area contributed by atoms with Gasteiger partial charge in [0.2, 0.25) is 0 Å². The summed E-state index contributed by atoms with van der Waals surface area (Å²) < 4.78 is 40.2. The summed E-state index contributed by atoms with van der Waals surface area (Å²) in [5, 5.41) is 2.56. The second-order valence-electron chi connectivity index (χ2n) is 5.92. The van der Waals surface area contributed by atoms with Crippen LogP contribution in [-0.2, 0) is 6.54 Å². The Balaban J connectivity index is 1.77. The molecule has 1 amide bonds. The number of carbonyl (C=O) groups is 1. The van der Waals surface area contributed by atoms with E-state index in [4.69, 9.17) is 0 Å². The number of anilines is 2. The number of pyridine rings is 1. The lowest BCUT2D eigenvalue weighted by Gasteiger charge is -2.18. The lowest BCUT2D eigenvalue weighted by molar-refractivity contribution is 0.0785. The summed E-state index contributed by atoms with van der Waals surface area (Å²) in [7, 11) is 1.66. The molecule has 0 fully saturated rings. The largest absolute Gasteiger partial charge is 0.338 e. The molecule has 27 heavy (non-hydrogen) atoms. The van der Waals surface area contributed by atoms with Gasteiger partial charge in [-0.25, -0.2) is 18.2 Å². The van der Waals surface area contributed by atoms with E-state index in [2.05, 4.69) is 10.3 Å². The van der Waals surface area contributed by atoms with Gasteiger partial charge < -0.3 is 10.2 Å². The molecule has 0 radical (unpaired) electrons. The van der Waals surface area contributed by atoms with E-state index in [0.29, 0.717) is 12.1 Å². The lowest BCUT2D eigenvalue weighted by atomic mass is 10.2. The molecular formula is C20H16F3N3O. The zero-order valence-corrected chi connectivity index (χ0v) is 14.4. The van der Waals surface area contributed by atoms with Crippen molar-refractivity contribution in [2.75, 3.05) is 12.4 Å². The SMILES string of the molecule is CN(Cc1ccccc1)C(=O)c1ccnc(Nc2ccc(F)c(F)c2F)c1. The molecule has 0 spiro atoms. The smallest absolute Gasteiger partial charge is 0.254 e. The number of carbonyl (C=O) groups excluding carboxylic acids is 1. The van der Waals surface area contributed by atoms with Gasteiger partial charge in [0.15, 0.2) is 17.5 Å². The Bertz CT molecular complexity index is 964. The van der Waals surface area contributed by atoms with Crippen molar-refractivity contribution in [3.05, 3.63) is 89.4 Å². The third-order valence-electron chi connectivity index (χ3n) is 3.91. The van der Waals surface area contributed by atoms with E-state index < -0.39 is 17.5 Å². The van der Waals surface area contributed by atoms with Gasteiger partial charge in [0.1, 0.15) is 5.82 Å². The highest BCUT2D eigenvalue weighted by Crippen LogP contribution is 2.23. The van der Waals surface area contributed by atoms with Gasteiger partial charge in [-0.15, -0.1) is 0 Å². The number of aromatic nitrogens is 1. The van der Waals surface area contributed by atoms with Crippen LogP contribution in [-0.4, -0.2) is 22.8 Å². The molecule has 0 aliphatic carbocycles. The Morgan fingerprint density at radius 1 is 1.04 bits per heavy atom. The summed E-state index contributed by atoms with van der Waals surface area (Å²) in [5.74, 6) is -4.32. The van der Waals surface area contributed by atoms with E-state index >= 15 is 0 Å². The maximum Gasteiger partial charge on any atom is 0.254 e. The van der Waals surface area contributed by atoms with Gasteiger partial charge in [-0.2, -0.15) is 0 Å². The van der Waals surface area contributed by atoms with Gasteiger partial charge >= 0.3 is 0 Å². The zero-order valence-electron chi connectivity index (χ0n) is 14.4. The van der Waals surface area contributed by atoms with Gasteiger partial charge in [-0.05, 0) is 29.8 Å². The highest BCUT2D eigenvalue weighted by atomic mass is 19.2. The van der Waals surface area contributed by atoms with Crippen LogP contribution in [0.3, 0.4) is 0 Å². The molecule has 0 aliphatic rings. The summed E-state index contributed by atoms with van der Waals surface area (Å²) in [6.07, 6.45) is 1.38. The first-order valence-electron chi connectivity index (χ1n) is 8.11. The minimum Gasteiger partial charge on any atom is -0.338 e. The molecule has 1 heterocycles. The third-order valence-corrected chi connectivity index (χ3v) is 3.91. The molecule has 1 N–H and O–H groups in total. The second-order valence-corrected chi connectivity index (χ2v) is 5.92. The van der Waals surface area contributed by atoms with Crippen molar-refractivity contribution in [3.63, 3.8) is 0 Å². The summed E-state index contributed by atoms with van der Waals surface area (Å²) in [6, 6.07) is 14.3. The number of nitrogens with one attached hydrogen (secondary N) is 1. The molecule has 3 rings (SSSR count). The zero-order chi connectivity index (χ0) is 19.4. The van der Waals surface area contributed by atoms with Crippen LogP contribution in [0.25, 0.3) is 0 Å². The summed E-state index contributed by atoms with van der Waals surface area (Å²) >= 11 is 0. The topological polar surface area (TPSA) is 45.2 Å². The molecule has 0 unspecified atom stereocenters. The summed E-state index contributed by atoms with van der Waals surface area (Å²) in [5.41, 5.74) is 1.03. The molecule has 4 nitrogen and oxygen atoms in total. The highest BCUT2D eigenvalue weighted by molar-refractivity contribution is 5.94. The predicted molar refractivity (Wildman–Crippen MR) is 96.1 cm³/mol. The third kappa shape index (κ3) is 4.25. The molecular weight excluding hydrogens is 355 g/mol. The number of hydrogen-bond acceptors (Lipinski definition) is 3. The Morgan fingerprint density at radius 3 is 2.52 bits per heavy atom. The van der Waals surface area contributed by atoms with Crippen molar-refractivity contribution in [1.29, 1.82) is 0 Å². The van der Waals surface area contributed by atoms with Crippen LogP contribution in [0.2, 0.25) is 0 Å². The molecule has 0 saturated carbocycles. The second kappa shape index (κ2) is 7.90. The Hall–Kier alpha value is -3.35. The van der Waals surface area contributed by atoms with Crippen LogP contribution >= 0.6 is 0 Å². The molecule has 138 valence electrons. The summed E-state index contributed by atoms with van der Waals surface area (Å²) in [6.45, 7) is 0.419. The standard InChI is InChI=1S/C20H16F3N3O/c1-26(12-13-5-3-2-4-6-13)20(27)14-9-10-24-17(11-14)25-16-8-7-15(21)18(22)19(16)23/h2-11H,12H2,1H3,(H,24,25). The molecule has 0 aliphatic heterocycles. The first kappa shape index (κ1) is 18.4. The van der Waals surface area contributed by atoms with Gasteiger partial charge in [0.05, 0.1) is 5.69 Å². The number of benzene rings is 2. The normalized spacial score (nSPS) is 10.5. The average molecular weight is 371 g/mol. The fourth-order valence-electron chi connectivity index (χ4n) is 2.54. The fourth-order valence-corrected chi connectivity index (χ4v) is 2.54. The molecule has 7 heteroatoms. The maximum atomic E-state index is 13.8. The molecule has 0 saturated heterocycles. The number of amides is 1. The molecule has 0 atom stereocenters. The van der Waals surface area contributed by atoms with Gasteiger partial charge in [-0.1, -0.05) is 30.3 Å². The van der Waals surface area contributed by atoms with Gasteiger partial charge in [-0.3, -0.25) is 4.79 Å². The highest BCUT2D eigenvalue weighted by Gasteiger charge is 2.16. The van der Waals surface area contributed by atoms with Crippen molar-refractivity contribution < 1.29 is 18.0 Å². The monoisotopic (exact) mass is 371 g/mol. The molecule has 2 aromatic carbocycles. The van der Waals surface area contributed by atoms with Crippen molar-refractivity contribution in [2.24, 2.45) is 0 Å². The van der Waals surface area contributed by atoms with E-state index in [-0.39, 0.29) is 17.4 Å². The molecule has 3 aromatic rings. The maximum absolute atomic E-state index is 13.8.